The highest BCUT2D eigenvalue weighted by atomic mass is 16.5. The van der Waals surface area contributed by atoms with Gasteiger partial charge in [-0.3, -0.25) is 14.4 Å². The smallest absolute Gasteiger partial charge is 0.305 e. The Labute approximate surface area is 208 Å². The van der Waals surface area contributed by atoms with Gasteiger partial charge in [-0.1, -0.05) is 42.5 Å². The molecular formula is C27H40N2O6. The molecule has 1 rings (SSSR count). The fraction of sp³-hybridized carbons (Fsp3) is 0.519. The summed E-state index contributed by atoms with van der Waals surface area (Å²) in [7, 11) is 0. The van der Waals surface area contributed by atoms with Gasteiger partial charge in [0, 0.05) is 18.9 Å². The standard InChI is InChI=1S/C27H40N2O6/c1-4-6-7-11-15-26(32)35-20-24(19-34-18-22-13-9-8-10-14-22)29-27(33)23(12-5-2)16-25(31)28-21(3)17-30/h4-5,8-10,13-14,21,23-24,30H,1-2,6-7,11-12,15-20H2,3H3,(H,28,31)(H,29,33)/t21-,23-,24+/m1/s1. The molecule has 0 saturated heterocycles. The minimum Gasteiger partial charge on any atom is -0.463 e. The molecule has 1 aromatic rings. The number of esters is 1. The van der Waals surface area contributed by atoms with E-state index in [0.29, 0.717) is 25.9 Å². The second-order valence-electron chi connectivity index (χ2n) is 8.50. The molecule has 1 aromatic carbocycles. The van der Waals surface area contributed by atoms with Crippen molar-refractivity contribution < 1.29 is 29.0 Å². The highest BCUT2D eigenvalue weighted by molar-refractivity contribution is 5.86. The van der Waals surface area contributed by atoms with Crippen LogP contribution in [0.5, 0.6) is 0 Å². The number of hydrogen-bond acceptors (Lipinski definition) is 6. The Kier molecular flexibility index (Phi) is 15.8. The van der Waals surface area contributed by atoms with Gasteiger partial charge < -0.3 is 25.2 Å². The summed E-state index contributed by atoms with van der Waals surface area (Å²) in [5.41, 5.74) is 0.982. The Morgan fingerprint density at radius 3 is 2.46 bits per heavy atom. The average Bonchev–Trinajstić information content (AvgIpc) is 2.85. The van der Waals surface area contributed by atoms with Crippen LogP contribution in [-0.4, -0.2) is 54.8 Å². The van der Waals surface area contributed by atoms with E-state index in [1.807, 2.05) is 36.4 Å². The number of unbranched alkanes of at least 4 members (excludes halogenated alkanes) is 2. The van der Waals surface area contributed by atoms with E-state index >= 15 is 0 Å². The van der Waals surface area contributed by atoms with Crippen LogP contribution < -0.4 is 10.6 Å². The maximum Gasteiger partial charge on any atom is 0.305 e. The van der Waals surface area contributed by atoms with Crippen LogP contribution in [0.3, 0.4) is 0 Å². The number of rotatable bonds is 19. The third-order valence-electron chi connectivity index (χ3n) is 5.20. The second kappa shape index (κ2) is 18.4. The molecule has 0 aliphatic rings. The molecule has 0 heterocycles. The fourth-order valence-electron chi connectivity index (χ4n) is 3.25. The molecule has 2 amide bonds. The van der Waals surface area contributed by atoms with Crippen molar-refractivity contribution in [2.75, 3.05) is 19.8 Å². The van der Waals surface area contributed by atoms with Crippen molar-refractivity contribution in [2.45, 2.75) is 64.1 Å². The van der Waals surface area contributed by atoms with Crippen molar-refractivity contribution >= 4 is 17.8 Å². The number of aliphatic hydroxyl groups excluding tert-OH is 1. The van der Waals surface area contributed by atoms with E-state index in [1.165, 1.54) is 0 Å². The summed E-state index contributed by atoms with van der Waals surface area (Å²) in [5, 5.41) is 14.6. The van der Waals surface area contributed by atoms with Gasteiger partial charge in [0.25, 0.3) is 0 Å². The van der Waals surface area contributed by atoms with Gasteiger partial charge in [-0.05, 0) is 38.2 Å². The van der Waals surface area contributed by atoms with Crippen LogP contribution in [0.4, 0.5) is 0 Å². The summed E-state index contributed by atoms with van der Waals surface area (Å²) < 4.78 is 11.2. The summed E-state index contributed by atoms with van der Waals surface area (Å²) in [6.07, 6.45) is 6.34. The Bertz CT molecular complexity index is 783. The molecule has 0 aliphatic carbocycles. The van der Waals surface area contributed by atoms with Crippen molar-refractivity contribution in [3.05, 3.63) is 61.2 Å². The van der Waals surface area contributed by atoms with Gasteiger partial charge in [-0.25, -0.2) is 0 Å². The number of carbonyl (C=O) groups excluding carboxylic acids is 3. The highest BCUT2D eigenvalue weighted by Gasteiger charge is 2.24. The number of allylic oxidation sites excluding steroid dienone is 2. The Morgan fingerprint density at radius 2 is 1.80 bits per heavy atom. The SMILES string of the molecule is C=CCCCCC(=O)OC[C@H](COCc1ccccc1)NC(=O)[C@H](CC=C)CC(=O)N[C@H](C)CO. The lowest BCUT2D eigenvalue weighted by Gasteiger charge is -2.22. The monoisotopic (exact) mass is 488 g/mol. The lowest BCUT2D eigenvalue weighted by atomic mass is 9.99. The molecule has 194 valence electrons. The normalized spacial score (nSPS) is 13.2. The second-order valence-corrected chi connectivity index (χ2v) is 8.50. The van der Waals surface area contributed by atoms with Crippen molar-refractivity contribution in [3.63, 3.8) is 0 Å². The first-order valence-electron chi connectivity index (χ1n) is 12.1. The molecule has 0 fully saturated rings. The summed E-state index contributed by atoms with van der Waals surface area (Å²) in [4.78, 5) is 37.3. The van der Waals surface area contributed by atoms with Gasteiger partial charge >= 0.3 is 5.97 Å². The maximum absolute atomic E-state index is 13.0. The molecule has 3 N–H and O–H groups in total. The van der Waals surface area contributed by atoms with Gasteiger partial charge in [0.2, 0.25) is 11.8 Å². The van der Waals surface area contributed by atoms with E-state index in [4.69, 9.17) is 14.6 Å². The quantitative estimate of drug-likeness (QED) is 0.157. The number of amides is 2. The van der Waals surface area contributed by atoms with Crippen LogP contribution in [0.2, 0.25) is 0 Å². The molecule has 35 heavy (non-hydrogen) atoms. The van der Waals surface area contributed by atoms with Crippen LogP contribution in [0, 0.1) is 5.92 Å². The molecule has 0 aliphatic heterocycles. The van der Waals surface area contributed by atoms with Crippen molar-refractivity contribution in [2.24, 2.45) is 5.92 Å². The summed E-state index contributed by atoms with van der Waals surface area (Å²) in [6, 6.07) is 8.63. The highest BCUT2D eigenvalue weighted by Crippen LogP contribution is 2.11. The zero-order chi connectivity index (χ0) is 25.9. The summed E-state index contributed by atoms with van der Waals surface area (Å²) in [6.45, 7) is 9.28. The van der Waals surface area contributed by atoms with Crippen LogP contribution in [0.15, 0.2) is 55.6 Å². The molecule has 8 nitrogen and oxygen atoms in total. The minimum atomic E-state index is -0.648. The zero-order valence-electron chi connectivity index (χ0n) is 20.7. The van der Waals surface area contributed by atoms with E-state index in [0.717, 1.165) is 18.4 Å². The zero-order valence-corrected chi connectivity index (χ0v) is 20.7. The van der Waals surface area contributed by atoms with E-state index in [1.54, 1.807) is 13.0 Å². The number of benzene rings is 1. The van der Waals surface area contributed by atoms with Gasteiger partial charge in [-0.2, -0.15) is 0 Å². The van der Waals surface area contributed by atoms with Gasteiger partial charge in [-0.15, -0.1) is 13.2 Å². The number of nitrogens with one attached hydrogen (secondary N) is 2. The third-order valence-corrected chi connectivity index (χ3v) is 5.20. The lowest BCUT2D eigenvalue weighted by Crippen LogP contribution is -2.46. The first-order chi connectivity index (χ1) is 16.9. The van der Waals surface area contributed by atoms with Crippen molar-refractivity contribution in [1.82, 2.24) is 10.6 Å². The van der Waals surface area contributed by atoms with Gasteiger partial charge in [0.1, 0.15) is 6.61 Å². The van der Waals surface area contributed by atoms with Crippen LogP contribution >= 0.6 is 0 Å². The summed E-state index contributed by atoms with van der Waals surface area (Å²) in [5.74, 6) is -1.68. The molecule has 0 aromatic heterocycles. The lowest BCUT2D eigenvalue weighted by molar-refractivity contribution is -0.146. The van der Waals surface area contributed by atoms with E-state index in [2.05, 4.69) is 23.8 Å². The Morgan fingerprint density at radius 1 is 1.06 bits per heavy atom. The average molecular weight is 489 g/mol. The van der Waals surface area contributed by atoms with E-state index in [9.17, 15) is 14.4 Å². The Hall–Kier alpha value is -2.97. The molecular weight excluding hydrogens is 448 g/mol. The number of aliphatic hydroxyl groups is 1. The first-order valence-corrected chi connectivity index (χ1v) is 12.1. The number of carbonyl (C=O) groups is 3. The fourth-order valence-corrected chi connectivity index (χ4v) is 3.25. The topological polar surface area (TPSA) is 114 Å². The molecule has 0 saturated carbocycles. The number of ether oxygens (including phenoxy) is 2. The molecule has 0 radical (unpaired) electrons. The van der Waals surface area contributed by atoms with Crippen LogP contribution in [0.25, 0.3) is 0 Å². The minimum absolute atomic E-state index is 0.0324. The largest absolute Gasteiger partial charge is 0.463 e. The molecule has 0 unspecified atom stereocenters. The molecule has 3 atom stereocenters. The first kappa shape index (κ1) is 30.1. The Balaban J connectivity index is 2.71. The van der Waals surface area contributed by atoms with E-state index in [-0.39, 0.29) is 44.0 Å². The predicted octanol–water partition coefficient (Wildman–Crippen LogP) is 3.06. The van der Waals surface area contributed by atoms with Crippen molar-refractivity contribution in [3.8, 4) is 0 Å². The maximum atomic E-state index is 13.0. The van der Waals surface area contributed by atoms with Crippen LogP contribution in [-0.2, 0) is 30.5 Å². The van der Waals surface area contributed by atoms with Crippen molar-refractivity contribution in [1.29, 1.82) is 0 Å². The third kappa shape index (κ3) is 14.1. The van der Waals surface area contributed by atoms with Gasteiger partial charge in [0.15, 0.2) is 0 Å². The molecule has 0 spiro atoms. The van der Waals surface area contributed by atoms with Gasteiger partial charge in [0.05, 0.1) is 31.8 Å². The van der Waals surface area contributed by atoms with E-state index < -0.39 is 18.0 Å². The predicted molar refractivity (Wildman–Crippen MR) is 135 cm³/mol. The molecule has 0 bridgehead atoms. The number of hydrogen-bond donors (Lipinski definition) is 3. The molecule has 8 heteroatoms. The summed E-state index contributed by atoms with van der Waals surface area (Å²) >= 11 is 0. The van der Waals surface area contributed by atoms with Crippen LogP contribution in [0.1, 0.15) is 51.0 Å².